The Morgan fingerprint density at radius 1 is 1.26 bits per heavy atom. The van der Waals surface area contributed by atoms with E-state index in [1.807, 2.05) is 4.90 Å². The number of rotatable bonds is 4. The first-order valence-corrected chi connectivity index (χ1v) is 7.13. The largest absolute Gasteiger partial charge is 0.477 e. The van der Waals surface area contributed by atoms with Crippen molar-refractivity contribution in [3.63, 3.8) is 0 Å². The number of nitrogens with one attached hydrogen (secondary N) is 1. The minimum atomic E-state index is -1.19. The minimum Gasteiger partial charge on any atom is -0.477 e. The highest BCUT2D eigenvalue weighted by Gasteiger charge is 2.20. The quantitative estimate of drug-likeness (QED) is 0.883. The Kier molecular flexibility index (Phi) is 4.33. The maximum Gasteiger partial charge on any atom is 0.342 e. The third-order valence-corrected chi connectivity index (χ3v) is 3.40. The van der Waals surface area contributed by atoms with Gasteiger partial charge in [-0.15, -0.1) is 0 Å². The lowest BCUT2D eigenvalue weighted by Crippen LogP contribution is -2.44. The van der Waals surface area contributed by atoms with Crippen LogP contribution in [0.5, 0.6) is 11.6 Å². The number of ether oxygens (including phenoxy) is 1. The molecule has 2 aromatic rings. The van der Waals surface area contributed by atoms with Gasteiger partial charge in [-0.2, -0.15) is 4.98 Å². The molecule has 7 nitrogen and oxygen atoms in total. The molecule has 3 rings (SSSR count). The Morgan fingerprint density at radius 2 is 1.96 bits per heavy atom. The molecule has 1 aliphatic heterocycles. The fourth-order valence-corrected chi connectivity index (χ4v) is 2.21. The monoisotopic (exact) mass is 318 g/mol. The van der Waals surface area contributed by atoms with Gasteiger partial charge in [0.05, 0.1) is 6.20 Å². The van der Waals surface area contributed by atoms with E-state index in [9.17, 15) is 14.3 Å². The van der Waals surface area contributed by atoms with Crippen LogP contribution < -0.4 is 15.0 Å². The zero-order chi connectivity index (χ0) is 16.2. The summed E-state index contributed by atoms with van der Waals surface area (Å²) in [6.07, 6.45) is 1.23. The lowest BCUT2D eigenvalue weighted by Gasteiger charge is -2.27. The van der Waals surface area contributed by atoms with Crippen LogP contribution in [0.4, 0.5) is 10.3 Å². The number of anilines is 1. The summed E-state index contributed by atoms with van der Waals surface area (Å²) in [5.74, 6) is -0.936. The molecule has 1 saturated heterocycles. The summed E-state index contributed by atoms with van der Waals surface area (Å²) < 4.78 is 18.5. The minimum absolute atomic E-state index is 0.0624. The third-order valence-electron chi connectivity index (χ3n) is 3.40. The van der Waals surface area contributed by atoms with Crippen LogP contribution in [-0.4, -0.2) is 47.2 Å². The number of halogens is 1. The number of carbonyl (C=O) groups is 1. The summed E-state index contributed by atoms with van der Waals surface area (Å²) >= 11 is 0. The van der Waals surface area contributed by atoms with E-state index in [2.05, 4.69) is 15.3 Å². The van der Waals surface area contributed by atoms with Gasteiger partial charge < -0.3 is 20.1 Å². The van der Waals surface area contributed by atoms with Gasteiger partial charge in [0.1, 0.15) is 17.1 Å². The molecule has 1 fully saturated rings. The Morgan fingerprint density at radius 3 is 2.61 bits per heavy atom. The van der Waals surface area contributed by atoms with Gasteiger partial charge in [0.2, 0.25) is 11.8 Å². The van der Waals surface area contributed by atoms with E-state index in [1.165, 1.54) is 30.5 Å². The number of carboxylic acid groups (broad SMARTS) is 1. The van der Waals surface area contributed by atoms with Gasteiger partial charge in [0, 0.05) is 26.2 Å². The van der Waals surface area contributed by atoms with Crippen LogP contribution in [0.2, 0.25) is 0 Å². The molecule has 0 aliphatic carbocycles. The van der Waals surface area contributed by atoms with Crippen molar-refractivity contribution < 1.29 is 19.0 Å². The van der Waals surface area contributed by atoms with Gasteiger partial charge in [-0.3, -0.25) is 0 Å². The van der Waals surface area contributed by atoms with Crippen LogP contribution in [-0.2, 0) is 0 Å². The second-order valence-corrected chi connectivity index (χ2v) is 4.99. The van der Waals surface area contributed by atoms with E-state index in [4.69, 9.17) is 4.74 Å². The molecule has 1 aliphatic rings. The summed E-state index contributed by atoms with van der Waals surface area (Å²) in [6, 6.07) is 5.28. The molecule has 8 heteroatoms. The molecule has 2 N–H and O–H groups in total. The van der Waals surface area contributed by atoms with Gasteiger partial charge in [0.25, 0.3) is 0 Å². The SMILES string of the molecule is O=C(O)c1cnc(N2CCNCC2)nc1Oc1ccc(F)cc1. The van der Waals surface area contributed by atoms with Crippen LogP contribution in [0.25, 0.3) is 0 Å². The molecule has 2 heterocycles. The number of hydrogen-bond donors (Lipinski definition) is 2. The molecule has 120 valence electrons. The molecule has 0 saturated carbocycles. The smallest absolute Gasteiger partial charge is 0.342 e. The fourth-order valence-electron chi connectivity index (χ4n) is 2.21. The first-order chi connectivity index (χ1) is 11.1. The van der Waals surface area contributed by atoms with Crippen molar-refractivity contribution in [3.05, 3.63) is 41.8 Å². The Labute approximate surface area is 131 Å². The molecular weight excluding hydrogens is 303 g/mol. The predicted molar refractivity (Wildman–Crippen MR) is 80.5 cm³/mol. The molecule has 0 amide bonds. The maximum atomic E-state index is 13.0. The number of hydrogen-bond acceptors (Lipinski definition) is 6. The number of nitrogens with zero attached hydrogens (tertiary/aromatic N) is 3. The number of benzene rings is 1. The summed E-state index contributed by atoms with van der Waals surface area (Å²) in [6.45, 7) is 3.06. The Balaban J connectivity index is 1.91. The average molecular weight is 318 g/mol. The molecule has 0 bridgehead atoms. The van der Waals surface area contributed by atoms with Crippen molar-refractivity contribution in [2.24, 2.45) is 0 Å². The zero-order valence-corrected chi connectivity index (χ0v) is 12.2. The van der Waals surface area contributed by atoms with Crippen LogP contribution >= 0.6 is 0 Å². The fraction of sp³-hybridized carbons (Fsp3) is 0.267. The standard InChI is InChI=1S/C15H15FN4O3/c16-10-1-3-11(4-2-10)23-13-12(14(21)22)9-18-15(19-13)20-7-5-17-6-8-20/h1-4,9,17H,5-8H2,(H,21,22). The second-order valence-electron chi connectivity index (χ2n) is 4.99. The molecule has 0 atom stereocenters. The van der Waals surface area contributed by atoms with Crippen LogP contribution in [0, 0.1) is 5.82 Å². The van der Waals surface area contributed by atoms with E-state index >= 15 is 0 Å². The van der Waals surface area contributed by atoms with Crippen molar-refractivity contribution in [3.8, 4) is 11.6 Å². The molecule has 0 unspecified atom stereocenters. The normalized spacial score (nSPS) is 14.6. The summed E-state index contributed by atoms with van der Waals surface area (Å²) in [4.78, 5) is 21.6. The number of aromatic carboxylic acids is 1. The van der Waals surface area contributed by atoms with Crippen LogP contribution in [0.15, 0.2) is 30.5 Å². The molecule has 0 spiro atoms. The summed E-state index contributed by atoms with van der Waals surface area (Å²) in [5.41, 5.74) is -0.145. The lowest BCUT2D eigenvalue weighted by atomic mass is 10.3. The van der Waals surface area contributed by atoms with Crippen molar-refractivity contribution in [1.29, 1.82) is 0 Å². The van der Waals surface area contributed by atoms with Crippen molar-refractivity contribution >= 4 is 11.9 Å². The average Bonchev–Trinajstić information content (AvgIpc) is 2.57. The highest BCUT2D eigenvalue weighted by atomic mass is 19.1. The van der Waals surface area contributed by atoms with Crippen molar-refractivity contribution in [2.45, 2.75) is 0 Å². The van der Waals surface area contributed by atoms with Crippen molar-refractivity contribution in [1.82, 2.24) is 15.3 Å². The molecule has 1 aromatic carbocycles. The van der Waals surface area contributed by atoms with E-state index in [0.717, 1.165) is 26.2 Å². The number of carboxylic acids is 1. The van der Waals surface area contributed by atoms with E-state index in [-0.39, 0.29) is 11.4 Å². The highest BCUT2D eigenvalue weighted by molar-refractivity contribution is 5.90. The summed E-state index contributed by atoms with van der Waals surface area (Å²) in [7, 11) is 0. The van der Waals surface area contributed by atoms with E-state index < -0.39 is 11.8 Å². The van der Waals surface area contributed by atoms with E-state index in [1.54, 1.807) is 0 Å². The zero-order valence-electron chi connectivity index (χ0n) is 12.2. The molecule has 23 heavy (non-hydrogen) atoms. The topological polar surface area (TPSA) is 87.6 Å². The molecule has 0 radical (unpaired) electrons. The first kappa shape index (κ1) is 15.2. The van der Waals surface area contributed by atoms with E-state index in [0.29, 0.717) is 11.7 Å². The Hall–Kier alpha value is -2.74. The second kappa shape index (κ2) is 6.57. The molecule has 1 aromatic heterocycles. The van der Waals surface area contributed by atoms with Crippen LogP contribution in [0.1, 0.15) is 10.4 Å². The number of aromatic nitrogens is 2. The highest BCUT2D eigenvalue weighted by Crippen LogP contribution is 2.25. The van der Waals surface area contributed by atoms with Gasteiger partial charge in [0.15, 0.2) is 0 Å². The van der Waals surface area contributed by atoms with Crippen molar-refractivity contribution in [2.75, 3.05) is 31.1 Å². The van der Waals surface area contributed by atoms with Crippen LogP contribution in [0.3, 0.4) is 0 Å². The van der Waals surface area contributed by atoms with Gasteiger partial charge in [-0.05, 0) is 24.3 Å². The Bertz CT molecular complexity index is 702. The first-order valence-electron chi connectivity index (χ1n) is 7.13. The van der Waals surface area contributed by atoms with Gasteiger partial charge in [-0.1, -0.05) is 0 Å². The third kappa shape index (κ3) is 3.54. The lowest BCUT2D eigenvalue weighted by molar-refractivity contribution is 0.0693. The van der Waals surface area contributed by atoms with Gasteiger partial charge in [-0.25, -0.2) is 14.2 Å². The van der Waals surface area contributed by atoms with Gasteiger partial charge >= 0.3 is 5.97 Å². The summed E-state index contributed by atoms with van der Waals surface area (Å²) in [5, 5.41) is 12.5. The predicted octanol–water partition coefficient (Wildman–Crippen LogP) is 1.52. The number of piperazine rings is 1. The maximum absolute atomic E-state index is 13.0. The molecular formula is C15H15FN4O3.